The summed E-state index contributed by atoms with van der Waals surface area (Å²) in [6.07, 6.45) is 20.3. The third-order valence-corrected chi connectivity index (χ3v) is 15.3. The Hall–Kier alpha value is 0.860. The van der Waals surface area contributed by atoms with E-state index in [4.69, 9.17) is 0 Å². The SMILES string of the molecule is CC(C1CCC[C@@H]1P(C)C(C)C)P(C1CCCCC1)C1CCCCC1. The van der Waals surface area contributed by atoms with Crippen LogP contribution in [0.5, 0.6) is 0 Å². The van der Waals surface area contributed by atoms with Crippen molar-refractivity contribution in [1.82, 2.24) is 0 Å². The van der Waals surface area contributed by atoms with E-state index in [9.17, 15) is 0 Å². The van der Waals surface area contributed by atoms with Gasteiger partial charge in [-0.25, -0.2) is 0 Å². The van der Waals surface area contributed by atoms with E-state index in [1.54, 1.807) is 64.2 Å². The van der Waals surface area contributed by atoms with Crippen molar-refractivity contribution in [1.29, 1.82) is 0 Å². The van der Waals surface area contributed by atoms with Crippen LogP contribution < -0.4 is 0 Å². The van der Waals surface area contributed by atoms with Crippen LogP contribution in [0.2, 0.25) is 0 Å². The molecule has 0 amide bonds. The number of rotatable bonds is 6. The minimum atomic E-state index is 0.238. The number of hydrogen-bond donors (Lipinski definition) is 0. The van der Waals surface area contributed by atoms with E-state index >= 15 is 0 Å². The van der Waals surface area contributed by atoms with Gasteiger partial charge in [0.15, 0.2) is 0 Å². The van der Waals surface area contributed by atoms with E-state index in [1.807, 2.05) is 0 Å². The van der Waals surface area contributed by atoms with Gasteiger partial charge in [-0.2, -0.15) is 0 Å². The molecule has 3 saturated carbocycles. The average molecular weight is 383 g/mol. The Morgan fingerprint density at radius 1 is 0.640 bits per heavy atom. The van der Waals surface area contributed by atoms with Gasteiger partial charge in [-0.1, -0.05) is 73.6 Å². The topological polar surface area (TPSA) is 0 Å². The quantitative estimate of drug-likeness (QED) is 0.406. The fraction of sp³-hybridized carbons (Fsp3) is 1.00. The molecule has 3 unspecified atom stereocenters. The van der Waals surface area contributed by atoms with Gasteiger partial charge in [-0.05, 0) is 79.4 Å². The lowest BCUT2D eigenvalue weighted by molar-refractivity contribution is 0.466. The zero-order valence-electron chi connectivity index (χ0n) is 17.6. The number of hydrogen-bond acceptors (Lipinski definition) is 0. The Balaban J connectivity index is 1.76. The molecule has 0 aliphatic heterocycles. The zero-order valence-corrected chi connectivity index (χ0v) is 19.3. The van der Waals surface area contributed by atoms with Gasteiger partial charge in [-0.3, -0.25) is 0 Å². The van der Waals surface area contributed by atoms with E-state index in [0.29, 0.717) is 0 Å². The van der Waals surface area contributed by atoms with E-state index in [2.05, 4.69) is 27.4 Å². The van der Waals surface area contributed by atoms with Crippen LogP contribution in [0.15, 0.2) is 0 Å². The maximum atomic E-state index is 2.75. The largest absolute Gasteiger partial charge is 0.104 e. The van der Waals surface area contributed by atoms with Gasteiger partial charge in [0.2, 0.25) is 0 Å². The molecule has 0 heterocycles. The van der Waals surface area contributed by atoms with Crippen molar-refractivity contribution in [2.45, 2.75) is 133 Å². The van der Waals surface area contributed by atoms with Crippen molar-refractivity contribution in [3.63, 3.8) is 0 Å². The molecule has 0 saturated heterocycles. The van der Waals surface area contributed by atoms with Gasteiger partial charge in [0.05, 0.1) is 0 Å². The van der Waals surface area contributed by atoms with Crippen molar-refractivity contribution < 1.29 is 0 Å². The third-order valence-electron chi connectivity index (χ3n) is 7.95. The van der Waals surface area contributed by atoms with Crippen molar-refractivity contribution in [2.24, 2.45) is 5.92 Å². The van der Waals surface area contributed by atoms with Crippen LogP contribution in [-0.2, 0) is 0 Å². The Morgan fingerprint density at radius 3 is 1.64 bits per heavy atom. The van der Waals surface area contributed by atoms with Crippen molar-refractivity contribution in [3.05, 3.63) is 0 Å². The first kappa shape index (κ1) is 20.6. The van der Waals surface area contributed by atoms with E-state index in [1.165, 1.54) is 19.3 Å². The molecule has 25 heavy (non-hydrogen) atoms. The molecular formula is C23H44P2. The zero-order chi connectivity index (χ0) is 17.8. The van der Waals surface area contributed by atoms with E-state index in [0.717, 1.165) is 34.2 Å². The molecule has 2 heteroatoms. The second-order valence-corrected chi connectivity index (χ2v) is 15.9. The summed E-state index contributed by atoms with van der Waals surface area (Å²) in [6.45, 7) is 10.4. The van der Waals surface area contributed by atoms with E-state index in [-0.39, 0.29) is 15.8 Å². The van der Waals surface area contributed by atoms with Crippen LogP contribution in [0.4, 0.5) is 0 Å². The molecule has 0 aromatic carbocycles. The van der Waals surface area contributed by atoms with Gasteiger partial charge >= 0.3 is 0 Å². The summed E-state index contributed by atoms with van der Waals surface area (Å²) < 4.78 is 0. The summed E-state index contributed by atoms with van der Waals surface area (Å²) in [5.41, 5.74) is 5.39. The van der Waals surface area contributed by atoms with Crippen LogP contribution in [0.1, 0.15) is 104 Å². The minimum absolute atomic E-state index is 0.238. The Bertz CT molecular complexity index is 364. The third kappa shape index (κ3) is 5.02. The Kier molecular flexibility index (Phi) is 8.13. The second-order valence-electron chi connectivity index (χ2n) is 9.69. The fourth-order valence-electron chi connectivity index (χ4n) is 6.36. The lowest BCUT2D eigenvalue weighted by Gasteiger charge is -2.46. The van der Waals surface area contributed by atoms with Gasteiger partial charge in [0.25, 0.3) is 0 Å². The predicted octanol–water partition coefficient (Wildman–Crippen LogP) is 8.21. The van der Waals surface area contributed by atoms with Gasteiger partial charge in [0.1, 0.15) is 0 Å². The fourth-order valence-corrected chi connectivity index (χ4v) is 13.5. The summed E-state index contributed by atoms with van der Waals surface area (Å²) in [4.78, 5) is 0. The maximum absolute atomic E-state index is 2.75. The van der Waals surface area contributed by atoms with Crippen molar-refractivity contribution in [2.75, 3.05) is 6.66 Å². The molecule has 3 aliphatic carbocycles. The maximum Gasteiger partial charge on any atom is -0.0175 e. The van der Waals surface area contributed by atoms with Gasteiger partial charge in [-0.15, -0.1) is 7.92 Å². The molecule has 3 fully saturated rings. The molecule has 0 nitrogen and oxygen atoms in total. The van der Waals surface area contributed by atoms with Crippen LogP contribution in [-0.4, -0.2) is 35.0 Å². The summed E-state index contributed by atoms with van der Waals surface area (Å²) >= 11 is 0. The highest BCUT2D eigenvalue weighted by atomic mass is 31.1. The minimum Gasteiger partial charge on any atom is -0.104 e. The highest BCUT2D eigenvalue weighted by Crippen LogP contribution is 2.64. The standard InChI is InChI=1S/C23H44P2/c1-18(2)24(4)23-17-11-16-22(23)19(3)25(20-12-7-5-8-13-20)21-14-9-6-10-15-21/h18-23H,5-17H2,1-4H3/t19?,22?,23-,24?/m0/s1. The molecule has 4 atom stereocenters. The van der Waals surface area contributed by atoms with Crippen LogP contribution in [0, 0.1) is 5.92 Å². The first-order valence-corrected chi connectivity index (χ1v) is 15.1. The van der Waals surface area contributed by atoms with Crippen LogP contribution >= 0.6 is 15.8 Å². The first-order chi connectivity index (χ1) is 12.1. The average Bonchev–Trinajstić information content (AvgIpc) is 3.12. The summed E-state index contributed by atoms with van der Waals surface area (Å²) in [5.74, 6) is 1.09. The summed E-state index contributed by atoms with van der Waals surface area (Å²) in [5, 5.41) is 0. The molecular weight excluding hydrogens is 338 g/mol. The molecule has 0 bridgehead atoms. The van der Waals surface area contributed by atoms with Crippen molar-refractivity contribution in [3.8, 4) is 0 Å². The van der Waals surface area contributed by atoms with E-state index < -0.39 is 0 Å². The smallest absolute Gasteiger partial charge is 0.0175 e. The lowest BCUT2D eigenvalue weighted by Crippen LogP contribution is -2.32. The molecule has 0 aromatic heterocycles. The summed E-state index contributed by atoms with van der Waals surface area (Å²) in [7, 11) is 0.509. The molecule has 0 N–H and O–H groups in total. The molecule has 3 rings (SSSR count). The predicted molar refractivity (Wildman–Crippen MR) is 119 cm³/mol. The molecule has 146 valence electrons. The molecule has 0 aromatic rings. The summed E-state index contributed by atoms with van der Waals surface area (Å²) in [6, 6.07) is 0. The van der Waals surface area contributed by atoms with Gasteiger partial charge < -0.3 is 0 Å². The highest BCUT2D eigenvalue weighted by Gasteiger charge is 2.42. The second kappa shape index (κ2) is 9.87. The monoisotopic (exact) mass is 382 g/mol. The first-order valence-electron chi connectivity index (χ1n) is 11.6. The molecule has 0 radical (unpaired) electrons. The Morgan fingerprint density at radius 2 is 1.16 bits per heavy atom. The Labute approximate surface area is 161 Å². The molecule has 3 aliphatic rings. The van der Waals surface area contributed by atoms with Crippen molar-refractivity contribution >= 4 is 15.8 Å². The van der Waals surface area contributed by atoms with Crippen LogP contribution in [0.25, 0.3) is 0 Å². The molecule has 0 spiro atoms. The highest BCUT2D eigenvalue weighted by molar-refractivity contribution is 7.60. The van der Waals surface area contributed by atoms with Gasteiger partial charge in [0, 0.05) is 0 Å². The normalized spacial score (nSPS) is 32.4. The lowest BCUT2D eigenvalue weighted by atomic mass is 9.99. The van der Waals surface area contributed by atoms with Crippen LogP contribution in [0.3, 0.4) is 0 Å².